The van der Waals surface area contributed by atoms with E-state index in [0.717, 1.165) is 19.4 Å². The van der Waals surface area contributed by atoms with Crippen LogP contribution in [0.5, 0.6) is 0 Å². The summed E-state index contributed by atoms with van der Waals surface area (Å²) in [6, 6.07) is 0.226. The molecule has 14 heavy (non-hydrogen) atoms. The number of nitrogens with one attached hydrogen (secondary N) is 1. The van der Waals surface area contributed by atoms with Crippen LogP contribution in [0.25, 0.3) is 0 Å². The van der Waals surface area contributed by atoms with E-state index in [2.05, 4.69) is 19.2 Å². The van der Waals surface area contributed by atoms with Gasteiger partial charge in [0.2, 0.25) is 0 Å². The van der Waals surface area contributed by atoms with E-state index in [9.17, 15) is 4.39 Å². The number of nitrogens with two attached hydrogens (primary N) is 1. The smallest absolute Gasteiger partial charge is 0.123 e. The van der Waals surface area contributed by atoms with E-state index in [1.165, 1.54) is 0 Å². The molecule has 0 amide bonds. The molecule has 0 aromatic heterocycles. The number of hydrogen-bond acceptors (Lipinski definition) is 2. The highest BCUT2D eigenvalue weighted by Gasteiger charge is 2.33. The van der Waals surface area contributed by atoms with Gasteiger partial charge in [-0.15, -0.1) is 0 Å². The van der Waals surface area contributed by atoms with Crippen LogP contribution in [0.2, 0.25) is 0 Å². The summed E-state index contributed by atoms with van der Waals surface area (Å²) in [5.41, 5.74) is 4.75. The lowest BCUT2D eigenvalue weighted by Crippen LogP contribution is -2.43. The summed E-state index contributed by atoms with van der Waals surface area (Å²) in [5.74, 6) is 0.587. The van der Waals surface area contributed by atoms with Gasteiger partial charge in [-0.25, -0.2) is 4.39 Å². The molecule has 0 spiro atoms. The zero-order valence-corrected chi connectivity index (χ0v) is 9.35. The van der Waals surface area contributed by atoms with Gasteiger partial charge in [0.05, 0.1) is 0 Å². The first-order valence-electron chi connectivity index (χ1n) is 5.67. The molecule has 1 rings (SSSR count). The summed E-state index contributed by atoms with van der Waals surface area (Å²) >= 11 is 0. The Morgan fingerprint density at radius 2 is 2.00 bits per heavy atom. The van der Waals surface area contributed by atoms with Crippen molar-refractivity contribution in [2.24, 2.45) is 11.7 Å². The minimum atomic E-state index is -0.995. The molecule has 1 saturated carbocycles. The Morgan fingerprint density at radius 3 is 2.50 bits per heavy atom. The summed E-state index contributed by atoms with van der Waals surface area (Å²) < 4.78 is 14.1. The van der Waals surface area contributed by atoms with E-state index in [-0.39, 0.29) is 6.04 Å². The topological polar surface area (TPSA) is 38.0 Å². The van der Waals surface area contributed by atoms with Crippen LogP contribution in [0.3, 0.4) is 0 Å². The van der Waals surface area contributed by atoms with Gasteiger partial charge in [-0.05, 0) is 38.1 Å². The monoisotopic (exact) mass is 202 g/mol. The molecule has 84 valence electrons. The highest BCUT2D eigenvalue weighted by atomic mass is 19.1. The largest absolute Gasteiger partial charge is 0.328 e. The van der Waals surface area contributed by atoms with Crippen molar-refractivity contribution in [2.75, 3.05) is 13.1 Å². The van der Waals surface area contributed by atoms with Crippen LogP contribution < -0.4 is 11.1 Å². The van der Waals surface area contributed by atoms with Gasteiger partial charge in [0.1, 0.15) is 5.67 Å². The minimum Gasteiger partial charge on any atom is -0.328 e. The van der Waals surface area contributed by atoms with Crippen molar-refractivity contribution in [3.05, 3.63) is 0 Å². The number of rotatable bonds is 4. The van der Waals surface area contributed by atoms with E-state index in [0.29, 0.717) is 25.3 Å². The fourth-order valence-corrected chi connectivity index (χ4v) is 1.92. The standard InChI is InChI=1S/C11H23FN2/c1-9(2)7-14-8-11(12)5-3-10(13)4-6-11/h9-10,14H,3-8,13H2,1-2H3. The lowest BCUT2D eigenvalue weighted by Gasteiger charge is -2.32. The molecule has 0 atom stereocenters. The second-order valence-corrected chi connectivity index (χ2v) is 5.01. The predicted molar refractivity (Wildman–Crippen MR) is 58.0 cm³/mol. The molecular formula is C11H23FN2. The molecule has 1 aliphatic carbocycles. The average molecular weight is 202 g/mol. The van der Waals surface area contributed by atoms with Crippen molar-refractivity contribution in [1.82, 2.24) is 5.32 Å². The number of halogens is 1. The average Bonchev–Trinajstić information content (AvgIpc) is 2.10. The Balaban J connectivity index is 2.21. The molecular weight excluding hydrogens is 179 g/mol. The molecule has 3 N–H and O–H groups in total. The zero-order chi connectivity index (χ0) is 10.6. The van der Waals surface area contributed by atoms with Crippen LogP contribution in [-0.4, -0.2) is 24.8 Å². The van der Waals surface area contributed by atoms with Crippen molar-refractivity contribution in [1.29, 1.82) is 0 Å². The first-order chi connectivity index (χ1) is 6.52. The third-order valence-corrected chi connectivity index (χ3v) is 2.92. The second-order valence-electron chi connectivity index (χ2n) is 5.01. The van der Waals surface area contributed by atoms with Gasteiger partial charge in [-0.3, -0.25) is 0 Å². The van der Waals surface area contributed by atoms with Crippen molar-refractivity contribution < 1.29 is 4.39 Å². The predicted octanol–water partition coefficient (Wildman–Crippen LogP) is 1.84. The fourth-order valence-electron chi connectivity index (χ4n) is 1.92. The molecule has 0 aromatic rings. The summed E-state index contributed by atoms with van der Waals surface area (Å²) in [6.45, 7) is 5.67. The molecule has 0 unspecified atom stereocenters. The Bertz CT molecular complexity index is 163. The van der Waals surface area contributed by atoms with Gasteiger partial charge in [0, 0.05) is 12.6 Å². The molecule has 0 radical (unpaired) electrons. The lowest BCUT2D eigenvalue weighted by molar-refractivity contribution is 0.0971. The van der Waals surface area contributed by atoms with E-state index >= 15 is 0 Å². The first kappa shape index (κ1) is 11.9. The molecule has 0 aliphatic heterocycles. The molecule has 0 aromatic carbocycles. The molecule has 1 aliphatic rings. The van der Waals surface area contributed by atoms with Crippen LogP contribution in [0, 0.1) is 5.92 Å². The Morgan fingerprint density at radius 1 is 1.43 bits per heavy atom. The summed E-state index contributed by atoms with van der Waals surface area (Å²) in [4.78, 5) is 0. The van der Waals surface area contributed by atoms with E-state index < -0.39 is 5.67 Å². The fraction of sp³-hybridized carbons (Fsp3) is 1.00. The normalized spacial score (nSPS) is 33.6. The van der Waals surface area contributed by atoms with Crippen molar-refractivity contribution >= 4 is 0 Å². The van der Waals surface area contributed by atoms with Crippen LogP contribution in [0.1, 0.15) is 39.5 Å². The van der Waals surface area contributed by atoms with Crippen LogP contribution in [-0.2, 0) is 0 Å². The van der Waals surface area contributed by atoms with Crippen molar-refractivity contribution in [3.63, 3.8) is 0 Å². The molecule has 2 nitrogen and oxygen atoms in total. The van der Waals surface area contributed by atoms with Gasteiger partial charge < -0.3 is 11.1 Å². The second kappa shape index (κ2) is 5.08. The molecule has 0 saturated heterocycles. The van der Waals surface area contributed by atoms with Crippen LogP contribution in [0.15, 0.2) is 0 Å². The quantitative estimate of drug-likeness (QED) is 0.730. The molecule has 0 bridgehead atoms. The summed E-state index contributed by atoms with van der Waals surface area (Å²) in [5, 5.41) is 3.19. The Labute approximate surface area is 86.4 Å². The summed E-state index contributed by atoms with van der Waals surface area (Å²) in [7, 11) is 0. The van der Waals surface area contributed by atoms with Gasteiger partial charge in [-0.1, -0.05) is 13.8 Å². The minimum absolute atomic E-state index is 0.226. The third-order valence-electron chi connectivity index (χ3n) is 2.92. The summed E-state index contributed by atoms with van der Waals surface area (Å²) in [6.07, 6.45) is 2.91. The van der Waals surface area contributed by atoms with Gasteiger partial charge in [0.15, 0.2) is 0 Å². The number of alkyl halides is 1. The van der Waals surface area contributed by atoms with Gasteiger partial charge in [-0.2, -0.15) is 0 Å². The maximum Gasteiger partial charge on any atom is 0.123 e. The Hall–Kier alpha value is -0.150. The Kier molecular flexibility index (Phi) is 4.32. The highest BCUT2D eigenvalue weighted by Crippen LogP contribution is 2.30. The maximum absolute atomic E-state index is 14.1. The van der Waals surface area contributed by atoms with Crippen LogP contribution >= 0.6 is 0 Å². The lowest BCUT2D eigenvalue weighted by atomic mass is 9.84. The van der Waals surface area contributed by atoms with E-state index in [4.69, 9.17) is 5.73 Å². The maximum atomic E-state index is 14.1. The third kappa shape index (κ3) is 3.93. The number of hydrogen-bond donors (Lipinski definition) is 2. The zero-order valence-electron chi connectivity index (χ0n) is 9.35. The van der Waals surface area contributed by atoms with Crippen molar-refractivity contribution in [2.45, 2.75) is 51.2 Å². The van der Waals surface area contributed by atoms with Gasteiger partial charge in [0.25, 0.3) is 0 Å². The van der Waals surface area contributed by atoms with Gasteiger partial charge >= 0.3 is 0 Å². The van der Waals surface area contributed by atoms with E-state index in [1.54, 1.807) is 0 Å². The molecule has 0 heterocycles. The first-order valence-corrected chi connectivity index (χ1v) is 5.67. The van der Waals surface area contributed by atoms with Crippen molar-refractivity contribution in [3.8, 4) is 0 Å². The van der Waals surface area contributed by atoms with E-state index in [1.807, 2.05) is 0 Å². The van der Waals surface area contributed by atoms with Crippen LogP contribution in [0.4, 0.5) is 4.39 Å². The molecule has 1 fully saturated rings. The highest BCUT2D eigenvalue weighted by molar-refractivity contribution is 4.89. The molecule has 3 heteroatoms. The SMILES string of the molecule is CC(C)CNCC1(F)CCC(N)CC1.